The van der Waals surface area contributed by atoms with Gasteiger partial charge in [0.2, 0.25) is 5.89 Å². The molecule has 0 aromatic carbocycles. The Kier molecular flexibility index (Phi) is 3.53. The van der Waals surface area contributed by atoms with E-state index in [-0.39, 0.29) is 6.04 Å². The van der Waals surface area contributed by atoms with Crippen molar-refractivity contribution >= 4 is 16.9 Å². The molecule has 1 aromatic rings. The van der Waals surface area contributed by atoms with Gasteiger partial charge in [-0.05, 0) is 20.3 Å². The van der Waals surface area contributed by atoms with Gasteiger partial charge in [0.25, 0.3) is 0 Å². The summed E-state index contributed by atoms with van der Waals surface area (Å²) >= 11 is 1.81. The van der Waals surface area contributed by atoms with E-state index in [2.05, 4.69) is 22.2 Å². The van der Waals surface area contributed by atoms with E-state index in [1.54, 1.807) is 6.20 Å². The van der Waals surface area contributed by atoms with Crippen LogP contribution in [-0.4, -0.2) is 21.9 Å². The van der Waals surface area contributed by atoms with Gasteiger partial charge in [-0.15, -0.1) is 0 Å². The van der Waals surface area contributed by atoms with Gasteiger partial charge < -0.3 is 9.73 Å². The minimum atomic E-state index is 0.0792. The molecule has 0 aliphatic carbocycles. The van der Waals surface area contributed by atoms with E-state index in [1.165, 1.54) is 0 Å². The van der Waals surface area contributed by atoms with Crippen molar-refractivity contribution in [3.8, 4) is 0 Å². The highest BCUT2D eigenvalue weighted by atomic mass is 32.2. The first-order valence-electron chi connectivity index (χ1n) is 5.59. The lowest BCUT2D eigenvalue weighted by Gasteiger charge is -2.11. The number of nitrogens with zero attached hydrogens (tertiary/aromatic N) is 2. The highest BCUT2D eigenvalue weighted by molar-refractivity contribution is 8.14. The van der Waals surface area contributed by atoms with E-state index in [9.17, 15) is 0 Å². The lowest BCUT2D eigenvalue weighted by Crippen LogP contribution is -2.23. The van der Waals surface area contributed by atoms with Crippen LogP contribution in [0.1, 0.15) is 38.0 Å². The molecule has 0 saturated carbocycles. The quantitative estimate of drug-likeness (QED) is 0.880. The molecule has 0 fully saturated rings. The number of aromatic nitrogens is 1. The summed E-state index contributed by atoms with van der Waals surface area (Å²) in [4.78, 5) is 8.66. The van der Waals surface area contributed by atoms with Crippen LogP contribution in [0.4, 0.5) is 0 Å². The first-order chi connectivity index (χ1) is 7.69. The van der Waals surface area contributed by atoms with Gasteiger partial charge in [-0.2, -0.15) is 0 Å². The molecule has 2 heterocycles. The number of hydrogen-bond acceptors (Lipinski definition) is 5. The number of aliphatic imine (C=N–C) groups is 1. The number of aryl methyl sites for hydroxylation is 1. The summed E-state index contributed by atoms with van der Waals surface area (Å²) in [5, 5.41) is 4.96. The van der Waals surface area contributed by atoms with Gasteiger partial charge in [0.15, 0.2) is 5.17 Å². The molecule has 1 aliphatic rings. The van der Waals surface area contributed by atoms with Crippen LogP contribution >= 0.6 is 11.8 Å². The molecule has 0 bridgehead atoms. The molecule has 0 saturated heterocycles. The van der Waals surface area contributed by atoms with Crippen LogP contribution in [0.15, 0.2) is 15.6 Å². The molecule has 0 radical (unpaired) electrons. The fourth-order valence-corrected chi connectivity index (χ4v) is 2.55. The van der Waals surface area contributed by atoms with Crippen LogP contribution in [0.5, 0.6) is 0 Å². The summed E-state index contributed by atoms with van der Waals surface area (Å²) in [6, 6.07) is 0.0792. The van der Waals surface area contributed by atoms with E-state index in [1.807, 2.05) is 25.6 Å². The smallest absolute Gasteiger partial charge is 0.216 e. The summed E-state index contributed by atoms with van der Waals surface area (Å²) < 4.78 is 5.47. The third kappa shape index (κ3) is 2.58. The summed E-state index contributed by atoms with van der Waals surface area (Å²) in [5.41, 5.74) is 0. The van der Waals surface area contributed by atoms with Crippen LogP contribution in [0.3, 0.4) is 0 Å². The molecule has 5 heteroatoms. The normalized spacial score (nSPS) is 21.9. The van der Waals surface area contributed by atoms with Crippen molar-refractivity contribution in [2.75, 3.05) is 6.54 Å². The van der Waals surface area contributed by atoms with Crippen LogP contribution in [0.2, 0.25) is 0 Å². The van der Waals surface area contributed by atoms with Crippen molar-refractivity contribution in [3.05, 3.63) is 17.8 Å². The summed E-state index contributed by atoms with van der Waals surface area (Å²) in [7, 11) is 0. The van der Waals surface area contributed by atoms with Crippen molar-refractivity contribution in [2.24, 2.45) is 4.99 Å². The third-order valence-electron chi connectivity index (χ3n) is 2.52. The minimum Gasteiger partial charge on any atom is -0.444 e. The van der Waals surface area contributed by atoms with E-state index in [4.69, 9.17) is 4.42 Å². The molecule has 2 rings (SSSR count). The SMILES string of the molecule is CCC1CN=C(NC(C)c2ncc(C)o2)S1. The maximum atomic E-state index is 5.47. The number of nitrogens with one attached hydrogen (secondary N) is 1. The van der Waals surface area contributed by atoms with Crippen molar-refractivity contribution in [3.63, 3.8) is 0 Å². The zero-order valence-corrected chi connectivity index (χ0v) is 10.7. The molecular formula is C11H17N3OS. The van der Waals surface area contributed by atoms with Crippen LogP contribution in [-0.2, 0) is 0 Å². The molecule has 0 amide bonds. The van der Waals surface area contributed by atoms with Crippen LogP contribution in [0.25, 0.3) is 0 Å². The highest BCUT2D eigenvalue weighted by Gasteiger charge is 2.20. The van der Waals surface area contributed by atoms with Gasteiger partial charge in [0.1, 0.15) is 11.8 Å². The van der Waals surface area contributed by atoms with Crippen LogP contribution in [0, 0.1) is 6.92 Å². The zero-order chi connectivity index (χ0) is 11.5. The molecule has 0 spiro atoms. The lowest BCUT2D eigenvalue weighted by atomic mass is 10.3. The maximum Gasteiger partial charge on any atom is 0.216 e. The monoisotopic (exact) mass is 239 g/mol. The standard InChI is InChI=1S/C11H17N3OS/c1-4-9-6-13-11(16-9)14-8(3)10-12-5-7(2)15-10/h5,8-9H,4,6H2,1-3H3,(H,13,14). The third-order valence-corrected chi connectivity index (χ3v) is 3.81. The molecule has 88 valence electrons. The first kappa shape index (κ1) is 11.5. The molecular weight excluding hydrogens is 222 g/mol. The molecule has 2 unspecified atom stereocenters. The Balaban J connectivity index is 1.91. The number of oxazole rings is 1. The number of amidine groups is 1. The molecule has 2 atom stereocenters. The fourth-order valence-electron chi connectivity index (χ4n) is 1.53. The Morgan fingerprint density at radius 3 is 3.06 bits per heavy atom. The predicted octanol–water partition coefficient (Wildman–Crippen LogP) is 2.52. The largest absolute Gasteiger partial charge is 0.444 e. The van der Waals surface area contributed by atoms with Crippen molar-refractivity contribution in [1.29, 1.82) is 0 Å². The molecule has 16 heavy (non-hydrogen) atoms. The van der Waals surface area contributed by atoms with Gasteiger partial charge in [0.05, 0.1) is 12.7 Å². The molecule has 1 N–H and O–H groups in total. The zero-order valence-electron chi connectivity index (χ0n) is 9.86. The fraction of sp³-hybridized carbons (Fsp3) is 0.636. The number of hydrogen-bond donors (Lipinski definition) is 1. The van der Waals surface area contributed by atoms with Gasteiger partial charge in [-0.3, -0.25) is 4.99 Å². The number of rotatable bonds is 3. The predicted molar refractivity (Wildman–Crippen MR) is 66.8 cm³/mol. The summed E-state index contributed by atoms with van der Waals surface area (Å²) in [6.45, 7) is 7.05. The Morgan fingerprint density at radius 2 is 2.50 bits per heavy atom. The van der Waals surface area contributed by atoms with Gasteiger partial charge in [-0.1, -0.05) is 18.7 Å². The Morgan fingerprint density at radius 1 is 1.69 bits per heavy atom. The second-order valence-electron chi connectivity index (χ2n) is 3.97. The summed E-state index contributed by atoms with van der Waals surface area (Å²) in [5.74, 6) is 1.57. The first-order valence-corrected chi connectivity index (χ1v) is 6.47. The van der Waals surface area contributed by atoms with E-state index in [0.29, 0.717) is 5.25 Å². The maximum absolute atomic E-state index is 5.47. The Labute approximate surface area is 99.9 Å². The number of thioether (sulfide) groups is 1. The topological polar surface area (TPSA) is 50.4 Å². The van der Waals surface area contributed by atoms with Crippen molar-refractivity contribution < 1.29 is 4.42 Å². The molecule has 1 aromatic heterocycles. The van der Waals surface area contributed by atoms with Gasteiger partial charge >= 0.3 is 0 Å². The highest BCUT2D eigenvalue weighted by Crippen LogP contribution is 2.24. The van der Waals surface area contributed by atoms with Crippen LogP contribution < -0.4 is 5.32 Å². The van der Waals surface area contributed by atoms with Crippen molar-refractivity contribution in [2.45, 2.75) is 38.5 Å². The average molecular weight is 239 g/mol. The Hall–Kier alpha value is -0.970. The second-order valence-corrected chi connectivity index (χ2v) is 5.26. The second kappa shape index (κ2) is 4.91. The summed E-state index contributed by atoms with van der Waals surface area (Å²) in [6.07, 6.45) is 2.90. The van der Waals surface area contributed by atoms with E-state index in [0.717, 1.165) is 29.8 Å². The van der Waals surface area contributed by atoms with E-state index >= 15 is 0 Å². The molecule has 4 nitrogen and oxygen atoms in total. The van der Waals surface area contributed by atoms with E-state index < -0.39 is 0 Å². The average Bonchev–Trinajstić information content (AvgIpc) is 2.87. The Bertz CT molecular complexity index is 388. The van der Waals surface area contributed by atoms with Gasteiger partial charge in [-0.25, -0.2) is 4.98 Å². The lowest BCUT2D eigenvalue weighted by molar-refractivity contribution is 0.430. The van der Waals surface area contributed by atoms with Crippen molar-refractivity contribution in [1.82, 2.24) is 10.3 Å². The molecule has 1 aliphatic heterocycles. The minimum absolute atomic E-state index is 0.0792. The van der Waals surface area contributed by atoms with Gasteiger partial charge in [0, 0.05) is 5.25 Å².